The summed E-state index contributed by atoms with van der Waals surface area (Å²) in [5.74, 6) is -0.569. The van der Waals surface area contributed by atoms with Gasteiger partial charge in [-0.25, -0.2) is 0 Å². The smallest absolute Gasteiger partial charge is 0.269 e. The first kappa shape index (κ1) is 17.6. The van der Waals surface area contributed by atoms with Crippen LogP contribution in [0.3, 0.4) is 0 Å². The number of nitrogens with one attached hydrogen (secondary N) is 3. The second-order valence-corrected chi connectivity index (χ2v) is 5.84. The Labute approximate surface area is 146 Å². The minimum absolute atomic E-state index is 0.0505. The topological polar surface area (TPSA) is 70.2 Å². The minimum atomic E-state index is -0.325. The van der Waals surface area contributed by atoms with Gasteiger partial charge < -0.3 is 5.32 Å². The number of carbonyl (C=O) groups is 2. The quantitative estimate of drug-likeness (QED) is 0.591. The molecule has 2 rings (SSSR count). The van der Waals surface area contributed by atoms with Crippen LogP contribution in [0.1, 0.15) is 27.0 Å². The van der Waals surface area contributed by atoms with Crippen molar-refractivity contribution in [1.82, 2.24) is 16.2 Å². The van der Waals surface area contributed by atoms with E-state index in [4.69, 9.17) is 12.2 Å². The maximum Gasteiger partial charge on any atom is 0.269 e. The number of hydrogen-bond donors (Lipinski definition) is 3. The Morgan fingerprint density at radius 2 is 1.75 bits per heavy atom. The van der Waals surface area contributed by atoms with Crippen LogP contribution in [-0.4, -0.2) is 16.9 Å². The van der Waals surface area contributed by atoms with Crippen LogP contribution in [0.2, 0.25) is 0 Å². The molecule has 5 nitrogen and oxygen atoms in total. The molecular formula is C18H19N3O2S. The van der Waals surface area contributed by atoms with Gasteiger partial charge in [-0.2, -0.15) is 0 Å². The number of amides is 2. The maximum absolute atomic E-state index is 12.0. The molecule has 0 aliphatic rings. The first-order valence-electron chi connectivity index (χ1n) is 7.47. The predicted octanol–water partition coefficient (Wildman–Crippen LogP) is 2.18. The van der Waals surface area contributed by atoms with E-state index in [0.29, 0.717) is 5.56 Å². The Morgan fingerprint density at radius 1 is 1.00 bits per heavy atom. The summed E-state index contributed by atoms with van der Waals surface area (Å²) in [6.07, 6.45) is 0.223. The third-order valence-corrected chi connectivity index (χ3v) is 3.64. The van der Waals surface area contributed by atoms with Crippen LogP contribution in [0, 0.1) is 13.8 Å². The molecule has 0 bridgehead atoms. The Kier molecular flexibility index (Phi) is 6.03. The van der Waals surface area contributed by atoms with E-state index in [0.717, 1.165) is 16.7 Å². The highest BCUT2D eigenvalue weighted by molar-refractivity contribution is 7.80. The molecule has 0 spiro atoms. The van der Waals surface area contributed by atoms with Gasteiger partial charge in [0.2, 0.25) is 5.91 Å². The molecule has 0 atom stereocenters. The fourth-order valence-corrected chi connectivity index (χ4v) is 2.32. The van der Waals surface area contributed by atoms with E-state index in [1.165, 1.54) is 0 Å². The van der Waals surface area contributed by atoms with Crippen LogP contribution >= 0.6 is 12.2 Å². The molecule has 124 valence electrons. The van der Waals surface area contributed by atoms with E-state index in [1.54, 1.807) is 18.2 Å². The number of benzene rings is 2. The lowest BCUT2D eigenvalue weighted by Crippen LogP contribution is -2.48. The molecule has 0 fully saturated rings. The van der Waals surface area contributed by atoms with Crippen molar-refractivity contribution < 1.29 is 9.59 Å². The van der Waals surface area contributed by atoms with E-state index >= 15 is 0 Å². The molecular weight excluding hydrogens is 322 g/mol. The fraction of sp³-hybridized carbons (Fsp3) is 0.167. The first-order chi connectivity index (χ1) is 11.5. The number of hydrogen-bond acceptors (Lipinski definition) is 3. The zero-order chi connectivity index (χ0) is 17.5. The van der Waals surface area contributed by atoms with Gasteiger partial charge in [-0.1, -0.05) is 42.0 Å². The summed E-state index contributed by atoms with van der Waals surface area (Å²) in [6.45, 7) is 3.85. The second kappa shape index (κ2) is 8.21. The molecule has 0 aliphatic heterocycles. The van der Waals surface area contributed by atoms with Crippen molar-refractivity contribution in [2.75, 3.05) is 0 Å². The normalized spacial score (nSPS) is 9.92. The van der Waals surface area contributed by atoms with Crippen LogP contribution < -0.4 is 16.2 Å². The van der Waals surface area contributed by atoms with Crippen LogP contribution in [0.5, 0.6) is 0 Å². The molecule has 24 heavy (non-hydrogen) atoms. The summed E-state index contributed by atoms with van der Waals surface area (Å²) in [7, 11) is 0. The molecule has 0 saturated heterocycles. The summed E-state index contributed by atoms with van der Waals surface area (Å²) in [6, 6.07) is 14.8. The maximum atomic E-state index is 12.0. The molecule has 0 aliphatic carbocycles. The Bertz CT molecular complexity index is 774. The first-order valence-corrected chi connectivity index (χ1v) is 7.88. The van der Waals surface area contributed by atoms with Crippen molar-refractivity contribution in [3.63, 3.8) is 0 Å². The number of aryl methyl sites for hydroxylation is 2. The van der Waals surface area contributed by atoms with E-state index < -0.39 is 0 Å². The third kappa shape index (κ3) is 5.17. The van der Waals surface area contributed by atoms with Gasteiger partial charge >= 0.3 is 0 Å². The van der Waals surface area contributed by atoms with E-state index in [2.05, 4.69) is 16.2 Å². The average Bonchev–Trinajstić information content (AvgIpc) is 2.54. The zero-order valence-electron chi connectivity index (χ0n) is 13.6. The standard InChI is InChI=1S/C18H19N3O2S/c1-12-6-5-9-15(10-12)17(23)20-21-18(24)19-16(22)11-14-8-4-3-7-13(14)2/h3-10H,11H2,1-2H3,(H,20,23)(H2,19,21,22,24). The third-order valence-electron chi connectivity index (χ3n) is 3.44. The van der Waals surface area contributed by atoms with Crippen molar-refractivity contribution in [2.24, 2.45) is 0 Å². The van der Waals surface area contributed by atoms with Gasteiger partial charge in [0.05, 0.1) is 6.42 Å². The Hall–Kier alpha value is -2.73. The fourth-order valence-electron chi connectivity index (χ4n) is 2.16. The van der Waals surface area contributed by atoms with Crippen molar-refractivity contribution in [3.8, 4) is 0 Å². The lowest BCUT2D eigenvalue weighted by molar-refractivity contribution is -0.119. The predicted molar refractivity (Wildman–Crippen MR) is 97.4 cm³/mol. The summed E-state index contributed by atoms with van der Waals surface area (Å²) < 4.78 is 0. The molecule has 2 amide bonds. The highest BCUT2D eigenvalue weighted by Crippen LogP contribution is 2.07. The van der Waals surface area contributed by atoms with Gasteiger partial charge in [0.15, 0.2) is 5.11 Å². The Balaban J connectivity index is 1.82. The van der Waals surface area contributed by atoms with Gasteiger partial charge in [-0.05, 0) is 49.3 Å². The van der Waals surface area contributed by atoms with Crippen LogP contribution in [-0.2, 0) is 11.2 Å². The molecule has 0 aromatic heterocycles. The summed E-state index contributed by atoms with van der Waals surface area (Å²) in [5, 5.41) is 2.59. The molecule has 2 aromatic rings. The monoisotopic (exact) mass is 341 g/mol. The van der Waals surface area contributed by atoms with Crippen molar-refractivity contribution in [3.05, 3.63) is 70.8 Å². The molecule has 0 radical (unpaired) electrons. The Morgan fingerprint density at radius 3 is 2.46 bits per heavy atom. The van der Waals surface area contributed by atoms with E-state index in [1.807, 2.05) is 44.2 Å². The lowest BCUT2D eigenvalue weighted by atomic mass is 10.1. The SMILES string of the molecule is Cc1cccc(C(=O)NNC(=S)NC(=O)Cc2ccccc2C)c1. The highest BCUT2D eigenvalue weighted by atomic mass is 32.1. The number of rotatable bonds is 3. The summed E-state index contributed by atoms with van der Waals surface area (Å²) in [5.41, 5.74) is 8.46. The van der Waals surface area contributed by atoms with Crippen molar-refractivity contribution in [1.29, 1.82) is 0 Å². The molecule has 6 heteroatoms. The lowest BCUT2D eigenvalue weighted by Gasteiger charge is -2.11. The largest absolute Gasteiger partial charge is 0.302 e. The number of hydrazine groups is 1. The molecule has 0 saturated carbocycles. The van der Waals surface area contributed by atoms with Crippen LogP contribution in [0.4, 0.5) is 0 Å². The van der Waals surface area contributed by atoms with E-state index in [9.17, 15) is 9.59 Å². The second-order valence-electron chi connectivity index (χ2n) is 5.43. The van der Waals surface area contributed by atoms with Crippen molar-refractivity contribution in [2.45, 2.75) is 20.3 Å². The highest BCUT2D eigenvalue weighted by Gasteiger charge is 2.09. The summed E-state index contributed by atoms with van der Waals surface area (Å²) >= 11 is 5.02. The van der Waals surface area contributed by atoms with Crippen LogP contribution in [0.15, 0.2) is 48.5 Å². The average molecular weight is 341 g/mol. The number of thiocarbonyl (C=S) groups is 1. The molecule has 2 aromatic carbocycles. The summed E-state index contributed by atoms with van der Waals surface area (Å²) in [4.78, 5) is 24.0. The minimum Gasteiger partial charge on any atom is -0.302 e. The van der Waals surface area contributed by atoms with Gasteiger partial charge in [-0.3, -0.25) is 20.4 Å². The molecule has 0 unspecified atom stereocenters. The zero-order valence-corrected chi connectivity index (χ0v) is 14.4. The molecule has 3 N–H and O–H groups in total. The van der Waals surface area contributed by atoms with Gasteiger partial charge in [-0.15, -0.1) is 0 Å². The van der Waals surface area contributed by atoms with Gasteiger partial charge in [0.1, 0.15) is 0 Å². The van der Waals surface area contributed by atoms with Crippen molar-refractivity contribution >= 4 is 29.1 Å². The number of carbonyl (C=O) groups excluding carboxylic acids is 2. The van der Waals surface area contributed by atoms with Crippen LogP contribution in [0.25, 0.3) is 0 Å². The van der Waals surface area contributed by atoms with Gasteiger partial charge in [0.25, 0.3) is 5.91 Å². The molecule has 0 heterocycles. The van der Waals surface area contributed by atoms with Gasteiger partial charge in [0, 0.05) is 5.56 Å². The van der Waals surface area contributed by atoms with E-state index in [-0.39, 0.29) is 23.3 Å².